The van der Waals surface area contributed by atoms with Crippen LogP contribution < -0.4 is 9.64 Å². The van der Waals surface area contributed by atoms with Crippen molar-refractivity contribution in [2.24, 2.45) is 5.92 Å². The maximum atomic E-state index is 11.4. The van der Waals surface area contributed by atoms with Gasteiger partial charge < -0.3 is 14.7 Å². The van der Waals surface area contributed by atoms with Crippen LogP contribution in [0.2, 0.25) is 0 Å². The van der Waals surface area contributed by atoms with Gasteiger partial charge in [0.25, 0.3) is 5.24 Å². The van der Waals surface area contributed by atoms with E-state index in [1.807, 2.05) is 11.0 Å². The zero-order chi connectivity index (χ0) is 16.3. The molecule has 0 aromatic carbocycles. The van der Waals surface area contributed by atoms with Gasteiger partial charge in [-0.3, -0.25) is 9.59 Å². The van der Waals surface area contributed by atoms with Gasteiger partial charge in [0.1, 0.15) is 6.07 Å². The van der Waals surface area contributed by atoms with E-state index in [-0.39, 0.29) is 22.9 Å². The summed E-state index contributed by atoms with van der Waals surface area (Å²) in [6.45, 7) is 0.936. The number of pyridine rings is 1. The van der Waals surface area contributed by atoms with Crippen LogP contribution in [0.1, 0.15) is 28.8 Å². The third-order valence-corrected chi connectivity index (χ3v) is 3.84. The van der Waals surface area contributed by atoms with Gasteiger partial charge in [-0.1, -0.05) is 0 Å². The summed E-state index contributed by atoms with van der Waals surface area (Å²) in [5.41, 5.74) is 0.239. The van der Waals surface area contributed by atoms with E-state index in [1.54, 1.807) is 0 Å². The number of aromatic nitrogens is 1. The molecule has 1 N–H and O–H groups in total. The summed E-state index contributed by atoms with van der Waals surface area (Å²) >= 11 is 5.46. The number of aliphatic carboxylic acids is 1. The minimum absolute atomic E-state index is 0.0323. The number of carboxylic acids is 1. The quantitative estimate of drug-likeness (QED) is 0.840. The second-order valence-corrected chi connectivity index (χ2v) is 5.24. The van der Waals surface area contributed by atoms with Crippen LogP contribution >= 0.6 is 11.6 Å². The molecular formula is C14H14ClN3O4. The lowest BCUT2D eigenvalue weighted by atomic mass is 9.97. The molecule has 0 unspecified atom stereocenters. The number of nitrogens with zero attached hydrogens (tertiary/aromatic N) is 3. The Hall–Kier alpha value is -2.33. The summed E-state index contributed by atoms with van der Waals surface area (Å²) in [6, 6.07) is 3.33. The Morgan fingerprint density at radius 2 is 2.14 bits per heavy atom. The molecule has 0 aliphatic carbocycles. The van der Waals surface area contributed by atoms with Crippen LogP contribution in [0.3, 0.4) is 0 Å². The minimum atomic E-state index is -0.811. The van der Waals surface area contributed by atoms with Crippen molar-refractivity contribution in [2.75, 3.05) is 25.1 Å². The Kier molecular flexibility index (Phi) is 4.83. The molecule has 7 nitrogen and oxygen atoms in total. The summed E-state index contributed by atoms with van der Waals surface area (Å²) in [5, 5.41) is 17.5. The van der Waals surface area contributed by atoms with E-state index >= 15 is 0 Å². The van der Waals surface area contributed by atoms with Gasteiger partial charge in [0.05, 0.1) is 24.2 Å². The highest BCUT2D eigenvalue weighted by Gasteiger charge is 2.27. The molecule has 2 rings (SSSR count). The molecule has 1 saturated heterocycles. The zero-order valence-corrected chi connectivity index (χ0v) is 12.6. The number of rotatable bonds is 4. The predicted molar refractivity (Wildman–Crippen MR) is 78.3 cm³/mol. The first-order chi connectivity index (χ1) is 10.5. The molecular weight excluding hydrogens is 310 g/mol. The van der Waals surface area contributed by atoms with Crippen LogP contribution in [0, 0.1) is 17.2 Å². The highest BCUT2D eigenvalue weighted by molar-refractivity contribution is 6.68. The average Bonchev–Trinajstić information content (AvgIpc) is 2.53. The van der Waals surface area contributed by atoms with Crippen LogP contribution in [0.4, 0.5) is 5.82 Å². The highest BCUT2D eigenvalue weighted by atomic mass is 35.5. The number of piperidine rings is 1. The molecule has 0 saturated carbocycles. The molecule has 0 radical (unpaired) electrons. The van der Waals surface area contributed by atoms with Crippen LogP contribution in [0.5, 0.6) is 5.88 Å². The summed E-state index contributed by atoms with van der Waals surface area (Å²) in [7, 11) is 1.36. The molecule has 1 fully saturated rings. The number of ether oxygens (including phenoxy) is 1. The van der Waals surface area contributed by atoms with Crippen molar-refractivity contribution < 1.29 is 19.4 Å². The number of methoxy groups -OCH3 is 1. The second-order valence-electron chi connectivity index (χ2n) is 4.90. The number of halogens is 1. The van der Waals surface area contributed by atoms with Crippen molar-refractivity contribution in [1.29, 1.82) is 5.26 Å². The average molecular weight is 324 g/mol. The van der Waals surface area contributed by atoms with Gasteiger partial charge >= 0.3 is 5.97 Å². The standard InChI is InChI=1S/C14H14ClN3O4/c1-22-13-10(11(15)19)6-9(7-16)12(17-13)18-4-2-8(3-5-18)14(20)21/h6,8H,2-5H2,1H3,(H,20,21). The predicted octanol–water partition coefficient (Wildman–Crippen LogP) is 1.64. The molecule has 1 aromatic heterocycles. The summed E-state index contributed by atoms with van der Waals surface area (Å²) in [5.74, 6) is -0.764. The van der Waals surface area contributed by atoms with Crippen molar-refractivity contribution in [1.82, 2.24) is 4.98 Å². The van der Waals surface area contributed by atoms with Gasteiger partial charge in [-0.25, -0.2) is 0 Å². The van der Waals surface area contributed by atoms with Gasteiger partial charge in [0.15, 0.2) is 5.82 Å². The van der Waals surface area contributed by atoms with E-state index in [1.165, 1.54) is 13.2 Å². The molecule has 1 aliphatic heterocycles. The van der Waals surface area contributed by atoms with Crippen molar-refractivity contribution in [3.05, 3.63) is 17.2 Å². The molecule has 1 aromatic rings. The third-order valence-electron chi connectivity index (χ3n) is 3.64. The van der Waals surface area contributed by atoms with Crippen molar-refractivity contribution >= 4 is 28.6 Å². The largest absolute Gasteiger partial charge is 0.481 e. The molecule has 116 valence electrons. The van der Waals surface area contributed by atoms with Gasteiger partial charge in [-0.15, -0.1) is 0 Å². The molecule has 2 heterocycles. The van der Waals surface area contributed by atoms with Crippen molar-refractivity contribution in [3.63, 3.8) is 0 Å². The Labute approximate surface area is 132 Å². The van der Waals surface area contributed by atoms with Crippen LogP contribution in [-0.2, 0) is 4.79 Å². The number of anilines is 1. The monoisotopic (exact) mass is 323 g/mol. The number of carboxylic acid groups (broad SMARTS) is 1. The normalized spacial score (nSPS) is 15.2. The van der Waals surface area contributed by atoms with Crippen molar-refractivity contribution in [2.45, 2.75) is 12.8 Å². The first-order valence-corrected chi connectivity index (χ1v) is 7.02. The van der Waals surface area contributed by atoms with E-state index in [0.29, 0.717) is 31.7 Å². The van der Waals surface area contributed by atoms with Gasteiger partial charge in [0, 0.05) is 13.1 Å². The lowest BCUT2D eigenvalue weighted by Crippen LogP contribution is -2.37. The van der Waals surface area contributed by atoms with Crippen molar-refractivity contribution in [3.8, 4) is 11.9 Å². The smallest absolute Gasteiger partial charge is 0.306 e. The zero-order valence-electron chi connectivity index (χ0n) is 11.9. The number of hydrogen-bond acceptors (Lipinski definition) is 6. The lowest BCUT2D eigenvalue weighted by molar-refractivity contribution is -0.142. The van der Waals surface area contributed by atoms with E-state index in [4.69, 9.17) is 21.4 Å². The van der Waals surface area contributed by atoms with E-state index in [0.717, 1.165) is 0 Å². The molecule has 0 amide bonds. The van der Waals surface area contributed by atoms with Crippen LogP contribution in [0.15, 0.2) is 6.07 Å². The minimum Gasteiger partial charge on any atom is -0.481 e. The SMILES string of the molecule is COc1nc(N2CCC(C(=O)O)CC2)c(C#N)cc1C(=O)Cl. The molecule has 0 bridgehead atoms. The second kappa shape index (κ2) is 6.62. The topological polar surface area (TPSA) is 104 Å². The van der Waals surface area contributed by atoms with Gasteiger partial charge in [0.2, 0.25) is 5.88 Å². The first-order valence-electron chi connectivity index (χ1n) is 6.64. The van der Waals surface area contributed by atoms with Crippen LogP contribution in [0.25, 0.3) is 0 Å². The Bertz CT molecular complexity index is 648. The maximum absolute atomic E-state index is 11.4. The molecule has 0 atom stereocenters. The summed E-state index contributed by atoms with van der Waals surface area (Å²) < 4.78 is 5.05. The van der Waals surface area contributed by atoms with Gasteiger partial charge in [-0.2, -0.15) is 10.2 Å². The summed E-state index contributed by atoms with van der Waals surface area (Å²) in [4.78, 5) is 28.4. The number of nitriles is 1. The number of hydrogen-bond donors (Lipinski definition) is 1. The van der Waals surface area contributed by atoms with E-state index in [9.17, 15) is 14.9 Å². The van der Waals surface area contributed by atoms with E-state index in [2.05, 4.69) is 4.98 Å². The molecule has 8 heteroatoms. The fourth-order valence-corrected chi connectivity index (χ4v) is 2.58. The molecule has 0 spiro atoms. The van der Waals surface area contributed by atoms with Crippen LogP contribution in [-0.4, -0.2) is 41.5 Å². The third kappa shape index (κ3) is 3.12. The van der Waals surface area contributed by atoms with E-state index < -0.39 is 11.2 Å². The molecule has 1 aliphatic rings. The molecule has 22 heavy (non-hydrogen) atoms. The Morgan fingerprint density at radius 3 is 2.59 bits per heavy atom. The fourth-order valence-electron chi connectivity index (χ4n) is 2.45. The number of carbonyl (C=O) groups excluding carboxylic acids is 1. The lowest BCUT2D eigenvalue weighted by Gasteiger charge is -2.31. The highest BCUT2D eigenvalue weighted by Crippen LogP contribution is 2.29. The fraction of sp³-hybridized carbons (Fsp3) is 0.429. The summed E-state index contributed by atoms with van der Waals surface area (Å²) in [6.07, 6.45) is 0.945. The number of carbonyl (C=O) groups is 2. The Balaban J connectivity index is 2.34. The maximum Gasteiger partial charge on any atom is 0.306 e. The Morgan fingerprint density at radius 1 is 1.50 bits per heavy atom. The van der Waals surface area contributed by atoms with Gasteiger partial charge in [-0.05, 0) is 30.5 Å². The first kappa shape index (κ1) is 16.0.